The Morgan fingerprint density at radius 1 is 1.12 bits per heavy atom. The third kappa shape index (κ3) is 3.11. The van der Waals surface area contributed by atoms with Gasteiger partial charge in [0.2, 0.25) is 5.91 Å². The minimum Gasteiger partial charge on any atom is -0.486 e. The monoisotopic (exact) mass is 333 g/mol. The van der Waals surface area contributed by atoms with E-state index in [1.807, 2.05) is 32.0 Å². The summed E-state index contributed by atoms with van der Waals surface area (Å²) < 4.78 is 11.1. The molecule has 2 aliphatic rings. The molecule has 24 heavy (non-hydrogen) atoms. The van der Waals surface area contributed by atoms with E-state index >= 15 is 0 Å². The van der Waals surface area contributed by atoms with Crippen LogP contribution in [-0.2, 0) is 4.79 Å². The zero-order valence-electron chi connectivity index (χ0n) is 14.2. The van der Waals surface area contributed by atoms with Gasteiger partial charge in [0.1, 0.15) is 19.8 Å². The average molecular weight is 333 g/mol. The van der Waals surface area contributed by atoms with Crippen molar-refractivity contribution in [3.8, 4) is 11.5 Å². The molecule has 1 fully saturated rings. The molecule has 2 heterocycles. The summed E-state index contributed by atoms with van der Waals surface area (Å²) in [7, 11) is 0. The molecule has 1 saturated heterocycles. The van der Waals surface area contributed by atoms with Crippen LogP contribution in [0.2, 0.25) is 0 Å². The molecule has 1 aromatic carbocycles. The summed E-state index contributed by atoms with van der Waals surface area (Å²) in [6, 6.07) is 5.34. The van der Waals surface area contributed by atoms with Gasteiger partial charge in [0.05, 0.1) is 0 Å². The van der Waals surface area contributed by atoms with Gasteiger partial charge in [0.15, 0.2) is 11.5 Å². The van der Waals surface area contributed by atoms with Crippen LogP contribution in [0.25, 0.3) is 0 Å². The molecule has 0 aromatic heterocycles. The largest absolute Gasteiger partial charge is 0.486 e. The lowest BCUT2D eigenvalue weighted by Crippen LogP contribution is -2.42. The number of amides is 3. The standard InChI is InChI=1S/C17H23N3O4/c1-3-18(4-2)16(21)12-19-7-8-20(17(19)22)13-5-6-14-15(11-13)24-10-9-23-14/h5-6,11H,3-4,7-10,12H2,1-2H3. The van der Waals surface area contributed by atoms with Gasteiger partial charge in [0.25, 0.3) is 0 Å². The highest BCUT2D eigenvalue weighted by atomic mass is 16.6. The maximum atomic E-state index is 12.6. The summed E-state index contributed by atoms with van der Waals surface area (Å²) >= 11 is 0. The van der Waals surface area contributed by atoms with Crippen LogP contribution >= 0.6 is 0 Å². The highest BCUT2D eigenvalue weighted by Crippen LogP contribution is 2.34. The highest BCUT2D eigenvalue weighted by Gasteiger charge is 2.32. The zero-order chi connectivity index (χ0) is 17.1. The molecule has 2 aliphatic heterocycles. The Bertz CT molecular complexity index is 630. The van der Waals surface area contributed by atoms with Crippen molar-refractivity contribution in [3.63, 3.8) is 0 Å². The number of fused-ring (bicyclic) bond motifs is 1. The molecule has 1 aromatic rings. The normalized spacial score (nSPS) is 16.5. The SMILES string of the molecule is CCN(CC)C(=O)CN1CCN(c2ccc3c(c2)OCCO3)C1=O. The molecule has 0 saturated carbocycles. The van der Waals surface area contributed by atoms with E-state index < -0.39 is 0 Å². The number of likely N-dealkylation sites (N-methyl/N-ethyl adjacent to an activating group) is 1. The van der Waals surface area contributed by atoms with Crippen molar-refractivity contribution in [1.29, 1.82) is 0 Å². The first kappa shape index (κ1) is 16.4. The second-order valence-corrected chi connectivity index (χ2v) is 5.75. The van der Waals surface area contributed by atoms with Crippen molar-refractivity contribution < 1.29 is 19.1 Å². The number of urea groups is 1. The number of benzene rings is 1. The minimum atomic E-state index is -0.146. The Labute approximate surface area is 141 Å². The molecule has 0 bridgehead atoms. The third-order valence-electron chi connectivity index (χ3n) is 4.37. The van der Waals surface area contributed by atoms with Gasteiger partial charge in [-0.25, -0.2) is 4.79 Å². The molecule has 3 amide bonds. The van der Waals surface area contributed by atoms with Crippen molar-refractivity contribution in [3.05, 3.63) is 18.2 Å². The van der Waals surface area contributed by atoms with Crippen LogP contribution in [0.5, 0.6) is 11.5 Å². The van der Waals surface area contributed by atoms with Crippen molar-refractivity contribution >= 4 is 17.6 Å². The average Bonchev–Trinajstić information content (AvgIpc) is 2.96. The van der Waals surface area contributed by atoms with Gasteiger partial charge in [-0.05, 0) is 26.0 Å². The van der Waals surface area contributed by atoms with Gasteiger partial charge < -0.3 is 19.3 Å². The highest BCUT2D eigenvalue weighted by molar-refractivity contribution is 5.96. The number of hydrogen-bond donors (Lipinski definition) is 0. The third-order valence-corrected chi connectivity index (χ3v) is 4.37. The van der Waals surface area contributed by atoms with Crippen LogP contribution in [0.1, 0.15) is 13.8 Å². The minimum absolute atomic E-state index is 0.0163. The lowest BCUT2D eigenvalue weighted by Gasteiger charge is -2.24. The summed E-state index contributed by atoms with van der Waals surface area (Å²) in [4.78, 5) is 29.8. The molecule has 3 rings (SSSR count). The summed E-state index contributed by atoms with van der Waals surface area (Å²) in [5.41, 5.74) is 0.766. The van der Waals surface area contributed by atoms with E-state index in [0.717, 1.165) is 5.69 Å². The van der Waals surface area contributed by atoms with Crippen LogP contribution in [0, 0.1) is 0 Å². The van der Waals surface area contributed by atoms with Gasteiger partial charge in [-0.3, -0.25) is 9.69 Å². The van der Waals surface area contributed by atoms with E-state index in [1.54, 1.807) is 14.7 Å². The van der Waals surface area contributed by atoms with Gasteiger partial charge >= 0.3 is 6.03 Å². The topological polar surface area (TPSA) is 62.3 Å². The van der Waals surface area contributed by atoms with Gasteiger partial charge in [-0.1, -0.05) is 0 Å². The summed E-state index contributed by atoms with van der Waals surface area (Å²) in [5.74, 6) is 1.34. The molecule has 0 atom stereocenters. The van der Waals surface area contributed by atoms with Crippen LogP contribution < -0.4 is 14.4 Å². The quantitative estimate of drug-likeness (QED) is 0.820. The molecule has 0 spiro atoms. The van der Waals surface area contributed by atoms with Gasteiger partial charge in [-0.15, -0.1) is 0 Å². The number of rotatable bonds is 5. The lowest BCUT2D eigenvalue weighted by molar-refractivity contribution is -0.131. The zero-order valence-corrected chi connectivity index (χ0v) is 14.2. The molecular weight excluding hydrogens is 310 g/mol. The summed E-state index contributed by atoms with van der Waals surface area (Å²) in [6.07, 6.45) is 0. The first-order chi connectivity index (χ1) is 11.6. The maximum absolute atomic E-state index is 12.6. The number of anilines is 1. The van der Waals surface area contributed by atoms with Crippen LogP contribution in [0.3, 0.4) is 0 Å². The van der Waals surface area contributed by atoms with Crippen LogP contribution in [0.4, 0.5) is 10.5 Å². The van der Waals surface area contributed by atoms with E-state index in [1.165, 1.54) is 0 Å². The van der Waals surface area contributed by atoms with Crippen LogP contribution in [-0.4, -0.2) is 67.7 Å². The fraction of sp³-hybridized carbons (Fsp3) is 0.529. The molecule has 0 unspecified atom stereocenters. The van der Waals surface area contributed by atoms with E-state index in [4.69, 9.17) is 9.47 Å². The van der Waals surface area contributed by atoms with Crippen molar-refractivity contribution in [2.45, 2.75) is 13.8 Å². The number of hydrogen-bond acceptors (Lipinski definition) is 4. The maximum Gasteiger partial charge on any atom is 0.325 e. The van der Waals surface area contributed by atoms with Gasteiger partial charge in [-0.2, -0.15) is 0 Å². The van der Waals surface area contributed by atoms with E-state index in [0.29, 0.717) is 50.9 Å². The van der Waals surface area contributed by atoms with E-state index in [9.17, 15) is 9.59 Å². The Hall–Kier alpha value is -2.44. The Balaban J connectivity index is 1.69. The number of ether oxygens (including phenoxy) is 2. The van der Waals surface area contributed by atoms with Crippen LogP contribution in [0.15, 0.2) is 18.2 Å². The summed E-state index contributed by atoms with van der Waals surface area (Å²) in [5, 5.41) is 0. The molecular formula is C17H23N3O4. The molecule has 0 N–H and O–H groups in total. The van der Waals surface area contributed by atoms with Crippen molar-refractivity contribution in [2.24, 2.45) is 0 Å². The first-order valence-corrected chi connectivity index (χ1v) is 8.38. The number of carbonyl (C=O) groups excluding carboxylic acids is 2. The summed E-state index contributed by atoms with van der Waals surface area (Å²) in [6.45, 7) is 7.47. The van der Waals surface area contributed by atoms with Gasteiger partial charge in [0, 0.05) is 37.9 Å². The smallest absolute Gasteiger partial charge is 0.325 e. The number of nitrogens with zero attached hydrogens (tertiary/aromatic N) is 3. The lowest BCUT2D eigenvalue weighted by atomic mass is 10.2. The molecule has 130 valence electrons. The Kier molecular flexibility index (Phi) is 4.78. The van der Waals surface area contributed by atoms with Crippen molar-refractivity contribution in [2.75, 3.05) is 50.8 Å². The molecule has 7 heteroatoms. The Morgan fingerprint density at radius 2 is 1.83 bits per heavy atom. The Morgan fingerprint density at radius 3 is 2.54 bits per heavy atom. The fourth-order valence-electron chi connectivity index (χ4n) is 3.01. The number of carbonyl (C=O) groups is 2. The van der Waals surface area contributed by atoms with E-state index in [-0.39, 0.29) is 18.5 Å². The molecule has 0 aliphatic carbocycles. The second kappa shape index (κ2) is 6.98. The molecule has 0 radical (unpaired) electrons. The molecule has 7 nitrogen and oxygen atoms in total. The predicted molar refractivity (Wildman–Crippen MR) is 89.7 cm³/mol. The van der Waals surface area contributed by atoms with Crippen molar-refractivity contribution in [1.82, 2.24) is 9.80 Å². The fourth-order valence-corrected chi connectivity index (χ4v) is 3.01. The predicted octanol–water partition coefficient (Wildman–Crippen LogP) is 1.57. The second-order valence-electron chi connectivity index (χ2n) is 5.75. The van der Waals surface area contributed by atoms with E-state index in [2.05, 4.69) is 0 Å². The first-order valence-electron chi connectivity index (χ1n) is 8.38.